The van der Waals surface area contributed by atoms with E-state index in [0.717, 1.165) is 37.8 Å². The second-order valence-corrected chi connectivity index (χ2v) is 7.64. The van der Waals surface area contributed by atoms with Gasteiger partial charge in [0.1, 0.15) is 0 Å². The van der Waals surface area contributed by atoms with Crippen LogP contribution in [0.2, 0.25) is 0 Å². The number of rotatable bonds is 5. The van der Waals surface area contributed by atoms with Crippen molar-refractivity contribution in [3.63, 3.8) is 0 Å². The Kier molecular flexibility index (Phi) is 5.44. The second kappa shape index (κ2) is 8.16. The first-order chi connectivity index (χ1) is 14.0. The highest BCUT2D eigenvalue weighted by atomic mass is 19.1. The van der Waals surface area contributed by atoms with E-state index in [1.54, 1.807) is 4.90 Å². The van der Waals surface area contributed by atoms with Crippen molar-refractivity contribution < 1.29 is 9.18 Å². The predicted molar refractivity (Wildman–Crippen MR) is 110 cm³/mol. The zero-order chi connectivity index (χ0) is 20.4. The summed E-state index contributed by atoms with van der Waals surface area (Å²) >= 11 is 0. The van der Waals surface area contributed by atoms with Crippen LogP contribution in [0.5, 0.6) is 0 Å². The number of amides is 1. The summed E-state index contributed by atoms with van der Waals surface area (Å²) in [4.78, 5) is 24.2. The Morgan fingerprint density at radius 1 is 1.34 bits per heavy atom. The Morgan fingerprint density at radius 2 is 2.17 bits per heavy atom. The number of hydrogen-bond acceptors (Lipinski definition) is 6. The molecule has 0 saturated carbocycles. The maximum absolute atomic E-state index is 14.3. The highest BCUT2D eigenvalue weighted by molar-refractivity contribution is 5.87. The van der Waals surface area contributed by atoms with Crippen LogP contribution in [0.25, 0.3) is 0 Å². The van der Waals surface area contributed by atoms with Gasteiger partial charge in [0.2, 0.25) is 11.9 Å². The van der Waals surface area contributed by atoms with Gasteiger partial charge < -0.3 is 15.5 Å². The molecule has 1 fully saturated rings. The van der Waals surface area contributed by atoms with E-state index in [2.05, 4.69) is 51.3 Å². The lowest BCUT2D eigenvalue weighted by molar-refractivity contribution is -0.127. The SMILES string of the molecule is C=CC(=O)N1CCCC(Nc2nc(Nc3ccc4c(c3)CN(C)C4)ncc2F)C1. The third kappa shape index (κ3) is 4.37. The monoisotopic (exact) mass is 396 g/mol. The number of halogens is 1. The van der Waals surface area contributed by atoms with Crippen LogP contribution < -0.4 is 10.6 Å². The molecule has 1 atom stereocenters. The summed E-state index contributed by atoms with van der Waals surface area (Å²) in [6.45, 7) is 6.57. The molecule has 2 aromatic rings. The van der Waals surface area contributed by atoms with E-state index >= 15 is 0 Å². The van der Waals surface area contributed by atoms with Crippen molar-refractivity contribution in [2.24, 2.45) is 0 Å². The summed E-state index contributed by atoms with van der Waals surface area (Å²) in [6, 6.07) is 6.09. The van der Waals surface area contributed by atoms with E-state index in [-0.39, 0.29) is 17.8 Å². The Hall–Kier alpha value is -3.00. The molecule has 2 aliphatic heterocycles. The minimum absolute atomic E-state index is 0.0690. The summed E-state index contributed by atoms with van der Waals surface area (Å²) < 4.78 is 14.3. The molecule has 1 aromatic heterocycles. The van der Waals surface area contributed by atoms with E-state index in [1.165, 1.54) is 17.2 Å². The van der Waals surface area contributed by atoms with Crippen LogP contribution in [0, 0.1) is 5.82 Å². The lowest BCUT2D eigenvalue weighted by Crippen LogP contribution is -2.44. The van der Waals surface area contributed by atoms with E-state index in [0.29, 0.717) is 19.0 Å². The number of carbonyl (C=O) groups is 1. The molecule has 3 heterocycles. The Bertz CT molecular complexity index is 933. The van der Waals surface area contributed by atoms with E-state index < -0.39 is 5.82 Å². The van der Waals surface area contributed by atoms with E-state index in [4.69, 9.17) is 0 Å². The first kappa shape index (κ1) is 19.3. The van der Waals surface area contributed by atoms with Gasteiger partial charge in [-0.2, -0.15) is 4.98 Å². The molecule has 2 N–H and O–H groups in total. The Balaban J connectivity index is 1.46. The molecule has 0 bridgehead atoms. The fourth-order valence-corrected chi connectivity index (χ4v) is 3.92. The molecule has 0 spiro atoms. The zero-order valence-corrected chi connectivity index (χ0v) is 16.5. The third-order valence-corrected chi connectivity index (χ3v) is 5.34. The minimum atomic E-state index is -0.515. The molecule has 8 heteroatoms. The van der Waals surface area contributed by atoms with Gasteiger partial charge in [-0.15, -0.1) is 0 Å². The Labute approximate surface area is 169 Å². The number of nitrogens with one attached hydrogen (secondary N) is 2. The minimum Gasteiger partial charge on any atom is -0.363 e. The molecular weight excluding hydrogens is 371 g/mol. The maximum atomic E-state index is 14.3. The van der Waals surface area contributed by atoms with Gasteiger partial charge in [-0.3, -0.25) is 9.69 Å². The molecule has 1 aromatic carbocycles. The summed E-state index contributed by atoms with van der Waals surface area (Å²) in [5.74, 6) is -0.154. The molecule has 1 amide bonds. The lowest BCUT2D eigenvalue weighted by Gasteiger charge is -2.32. The average molecular weight is 396 g/mol. The fourth-order valence-electron chi connectivity index (χ4n) is 3.92. The number of piperidine rings is 1. The summed E-state index contributed by atoms with van der Waals surface area (Å²) in [5.41, 5.74) is 3.46. The number of hydrogen-bond donors (Lipinski definition) is 2. The highest BCUT2D eigenvalue weighted by Crippen LogP contribution is 2.26. The number of anilines is 3. The predicted octanol–water partition coefficient (Wildman–Crippen LogP) is 2.89. The van der Waals surface area contributed by atoms with Crippen molar-refractivity contribution >= 4 is 23.4 Å². The fraction of sp³-hybridized carbons (Fsp3) is 0.381. The summed E-state index contributed by atoms with van der Waals surface area (Å²) in [7, 11) is 2.09. The van der Waals surface area contributed by atoms with Gasteiger partial charge in [0.15, 0.2) is 11.6 Å². The number of nitrogens with zero attached hydrogens (tertiary/aromatic N) is 4. The molecule has 1 unspecified atom stereocenters. The quantitative estimate of drug-likeness (QED) is 0.757. The standard InChI is InChI=1S/C21H25FN6O/c1-3-19(29)28-8-4-5-17(13-28)24-20-18(22)10-23-21(26-20)25-16-7-6-14-11-27(2)12-15(14)9-16/h3,6-7,9-10,17H,1,4-5,8,11-13H2,2H3,(H2,23,24,25,26). The molecule has 152 valence electrons. The molecule has 1 saturated heterocycles. The Morgan fingerprint density at radius 3 is 3.00 bits per heavy atom. The van der Waals surface area contributed by atoms with Crippen molar-refractivity contribution in [2.75, 3.05) is 30.8 Å². The smallest absolute Gasteiger partial charge is 0.246 e. The molecule has 0 radical (unpaired) electrons. The van der Waals surface area contributed by atoms with Crippen LogP contribution in [-0.2, 0) is 17.9 Å². The first-order valence-electron chi connectivity index (χ1n) is 9.79. The number of benzene rings is 1. The molecule has 4 rings (SSSR count). The van der Waals surface area contributed by atoms with Crippen LogP contribution in [0.1, 0.15) is 24.0 Å². The maximum Gasteiger partial charge on any atom is 0.246 e. The van der Waals surface area contributed by atoms with Crippen molar-refractivity contribution in [3.8, 4) is 0 Å². The largest absolute Gasteiger partial charge is 0.363 e. The van der Waals surface area contributed by atoms with Crippen molar-refractivity contribution in [1.82, 2.24) is 19.8 Å². The molecule has 2 aliphatic rings. The molecular formula is C21H25FN6O. The molecule has 29 heavy (non-hydrogen) atoms. The first-order valence-corrected chi connectivity index (χ1v) is 9.79. The summed E-state index contributed by atoms with van der Waals surface area (Å²) in [6.07, 6.45) is 4.16. The van der Waals surface area contributed by atoms with E-state index in [9.17, 15) is 9.18 Å². The van der Waals surface area contributed by atoms with Crippen molar-refractivity contribution in [1.29, 1.82) is 0 Å². The molecule has 7 nitrogen and oxygen atoms in total. The normalized spacial score (nSPS) is 19.0. The van der Waals surface area contributed by atoms with Gasteiger partial charge in [-0.05, 0) is 49.2 Å². The third-order valence-electron chi connectivity index (χ3n) is 5.34. The zero-order valence-electron chi connectivity index (χ0n) is 16.5. The number of carbonyl (C=O) groups excluding carboxylic acids is 1. The topological polar surface area (TPSA) is 73.4 Å². The van der Waals surface area contributed by atoms with Crippen LogP contribution in [0.15, 0.2) is 37.1 Å². The lowest BCUT2D eigenvalue weighted by atomic mass is 10.1. The van der Waals surface area contributed by atoms with Crippen molar-refractivity contribution in [2.45, 2.75) is 32.0 Å². The van der Waals surface area contributed by atoms with Gasteiger partial charge in [-0.25, -0.2) is 9.37 Å². The van der Waals surface area contributed by atoms with Crippen LogP contribution in [0.3, 0.4) is 0 Å². The molecule has 0 aliphatic carbocycles. The second-order valence-electron chi connectivity index (χ2n) is 7.64. The van der Waals surface area contributed by atoms with Crippen LogP contribution in [0.4, 0.5) is 21.8 Å². The van der Waals surface area contributed by atoms with Gasteiger partial charge in [-0.1, -0.05) is 12.6 Å². The highest BCUT2D eigenvalue weighted by Gasteiger charge is 2.23. The van der Waals surface area contributed by atoms with Gasteiger partial charge >= 0.3 is 0 Å². The van der Waals surface area contributed by atoms with Crippen LogP contribution >= 0.6 is 0 Å². The number of fused-ring (bicyclic) bond motifs is 1. The van der Waals surface area contributed by atoms with Gasteiger partial charge in [0.25, 0.3) is 0 Å². The number of aromatic nitrogens is 2. The van der Waals surface area contributed by atoms with Gasteiger partial charge in [0.05, 0.1) is 6.20 Å². The number of likely N-dealkylation sites (tertiary alicyclic amines) is 1. The summed E-state index contributed by atoms with van der Waals surface area (Å²) in [5, 5.41) is 6.30. The van der Waals surface area contributed by atoms with E-state index in [1.807, 2.05) is 6.07 Å². The van der Waals surface area contributed by atoms with Gasteiger partial charge in [0, 0.05) is 37.9 Å². The van der Waals surface area contributed by atoms with Crippen LogP contribution in [-0.4, -0.2) is 51.9 Å². The van der Waals surface area contributed by atoms with Crippen molar-refractivity contribution in [3.05, 3.63) is 54.0 Å². The average Bonchev–Trinajstić information content (AvgIpc) is 3.09.